The summed E-state index contributed by atoms with van der Waals surface area (Å²) in [6.07, 6.45) is 0. The first kappa shape index (κ1) is 12.3. The molecule has 92 valence electrons. The predicted molar refractivity (Wildman–Crippen MR) is 71.0 cm³/mol. The van der Waals surface area contributed by atoms with E-state index in [0.717, 1.165) is 11.3 Å². The molecule has 1 atom stereocenters. The fraction of sp³-hybridized carbons (Fsp3) is 0.143. The molecule has 0 aliphatic rings. The molecule has 1 aromatic heterocycles. The molecule has 18 heavy (non-hydrogen) atoms. The number of nitrogens with zero attached hydrogens (tertiary/aromatic N) is 1. The molecule has 2 rings (SSSR count). The van der Waals surface area contributed by atoms with Gasteiger partial charge in [-0.2, -0.15) is 0 Å². The van der Waals surface area contributed by atoms with Crippen LogP contribution in [0, 0.1) is 6.92 Å². The van der Waals surface area contributed by atoms with Crippen LogP contribution in [0.3, 0.4) is 0 Å². The predicted octanol–water partition coefficient (Wildman–Crippen LogP) is 2.03. The maximum Gasteiger partial charge on any atom is 0.247 e. The molecule has 0 aliphatic heterocycles. The quantitative estimate of drug-likeness (QED) is 0.864. The molecule has 0 bridgehead atoms. The number of pyridine rings is 1. The third-order valence-corrected chi connectivity index (χ3v) is 2.58. The first-order valence-corrected chi connectivity index (χ1v) is 5.72. The number of hydrogen-bond donors (Lipinski definition) is 2. The average Bonchev–Trinajstić information content (AvgIpc) is 2.39. The minimum atomic E-state index is -0.687. The molecule has 1 heterocycles. The Morgan fingerprint density at radius 2 is 1.89 bits per heavy atom. The monoisotopic (exact) mass is 241 g/mol. The Bertz CT molecular complexity index is 540. The van der Waals surface area contributed by atoms with Crippen molar-refractivity contribution >= 4 is 11.7 Å². The highest BCUT2D eigenvalue weighted by atomic mass is 16.2. The van der Waals surface area contributed by atoms with Crippen LogP contribution in [0.5, 0.6) is 0 Å². The van der Waals surface area contributed by atoms with Crippen LogP contribution in [0.2, 0.25) is 0 Å². The van der Waals surface area contributed by atoms with Crippen LogP contribution in [0.4, 0.5) is 5.82 Å². The molecule has 0 fully saturated rings. The number of aryl methyl sites for hydroxylation is 1. The number of benzene rings is 1. The molecule has 4 heteroatoms. The van der Waals surface area contributed by atoms with Gasteiger partial charge in [-0.25, -0.2) is 4.98 Å². The van der Waals surface area contributed by atoms with Gasteiger partial charge < -0.3 is 11.1 Å². The lowest BCUT2D eigenvalue weighted by molar-refractivity contribution is -0.117. The average molecular weight is 241 g/mol. The summed E-state index contributed by atoms with van der Waals surface area (Å²) in [5.41, 5.74) is 7.51. The lowest BCUT2D eigenvalue weighted by atomic mass is 10.1. The minimum absolute atomic E-state index is 0.265. The first-order valence-electron chi connectivity index (χ1n) is 5.72. The Balaban J connectivity index is 2.09. The van der Waals surface area contributed by atoms with E-state index in [2.05, 4.69) is 10.3 Å². The number of carbonyl (C=O) groups excluding carboxylic acids is 1. The van der Waals surface area contributed by atoms with Gasteiger partial charge in [-0.05, 0) is 24.6 Å². The fourth-order valence-corrected chi connectivity index (χ4v) is 1.63. The van der Waals surface area contributed by atoms with Gasteiger partial charge in [0.15, 0.2) is 0 Å². The zero-order chi connectivity index (χ0) is 13.0. The van der Waals surface area contributed by atoms with Gasteiger partial charge in [0.1, 0.15) is 11.9 Å². The minimum Gasteiger partial charge on any atom is -0.316 e. The molecule has 0 radical (unpaired) electrons. The van der Waals surface area contributed by atoms with Crippen molar-refractivity contribution in [1.29, 1.82) is 0 Å². The van der Waals surface area contributed by atoms with Crippen LogP contribution < -0.4 is 11.1 Å². The highest BCUT2D eigenvalue weighted by Gasteiger charge is 2.15. The first-order chi connectivity index (χ1) is 8.66. The number of nitrogens with two attached hydrogens (primary N) is 1. The molecule has 0 aliphatic carbocycles. The van der Waals surface area contributed by atoms with Crippen molar-refractivity contribution in [3.63, 3.8) is 0 Å². The van der Waals surface area contributed by atoms with Gasteiger partial charge in [0.25, 0.3) is 0 Å². The van der Waals surface area contributed by atoms with Crippen molar-refractivity contribution in [3.8, 4) is 0 Å². The fourth-order valence-electron chi connectivity index (χ4n) is 1.63. The smallest absolute Gasteiger partial charge is 0.247 e. The van der Waals surface area contributed by atoms with Gasteiger partial charge in [0.2, 0.25) is 5.91 Å². The number of anilines is 1. The molecule has 0 saturated carbocycles. The summed E-state index contributed by atoms with van der Waals surface area (Å²) in [6, 6.07) is 14.0. The second-order valence-electron chi connectivity index (χ2n) is 4.04. The number of amides is 1. The number of nitrogens with one attached hydrogen (secondary N) is 1. The summed E-state index contributed by atoms with van der Waals surface area (Å²) in [7, 11) is 0. The van der Waals surface area contributed by atoms with Gasteiger partial charge in [0.05, 0.1) is 0 Å². The molecule has 1 unspecified atom stereocenters. The van der Waals surface area contributed by atoms with E-state index in [0.29, 0.717) is 5.82 Å². The zero-order valence-corrected chi connectivity index (χ0v) is 10.1. The van der Waals surface area contributed by atoms with Crippen LogP contribution in [0.15, 0.2) is 48.5 Å². The van der Waals surface area contributed by atoms with Crippen molar-refractivity contribution in [3.05, 3.63) is 59.8 Å². The number of carbonyl (C=O) groups is 1. The lowest BCUT2D eigenvalue weighted by Gasteiger charge is -2.12. The molecule has 1 aromatic carbocycles. The zero-order valence-electron chi connectivity index (χ0n) is 10.1. The van der Waals surface area contributed by atoms with Crippen molar-refractivity contribution in [2.75, 3.05) is 5.32 Å². The lowest BCUT2D eigenvalue weighted by Crippen LogP contribution is -2.28. The maximum atomic E-state index is 11.9. The standard InChI is InChI=1S/C14H15N3O/c1-10-6-5-9-12(16-10)17-14(18)13(15)11-7-3-2-4-8-11/h2-9,13H,15H2,1H3,(H,16,17,18). The Hall–Kier alpha value is -2.20. The van der Waals surface area contributed by atoms with E-state index in [9.17, 15) is 4.79 Å². The van der Waals surface area contributed by atoms with Gasteiger partial charge in [-0.15, -0.1) is 0 Å². The van der Waals surface area contributed by atoms with Crippen LogP contribution >= 0.6 is 0 Å². The van der Waals surface area contributed by atoms with Crippen LogP contribution in [-0.2, 0) is 4.79 Å². The number of hydrogen-bond acceptors (Lipinski definition) is 3. The third-order valence-electron chi connectivity index (χ3n) is 2.58. The molecule has 3 N–H and O–H groups in total. The molecular formula is C14H15N3O. The van der Waals surface area contributed by atoms with E-state index in [-0.39, 0.29) is 5.91 Å². The van der Waals surface area contributed by atoms with Crippen molar-refractivity contribution < 1.29 is 4.79 Å². The van der Waals surface area contributed by atoms with E-state index in [4.69, 9.17) is 5.73 Å². The van der Waals surface area contributed by atoms with Crippen LogP contribution in [-0.4, -0.2) is 10.9 Å². The molecule has 2 aromatic rings. The molecule has 0 spiro atoms. The SMILES string of the molecule is Cc1cccc(NC(=O)C(N)c2ccccc2)n1. The Morgan fingerprint density at radius 1 is 1.17 bits per heavy atom. The van der Waals surface area contributed by atoms with Gasteiger partial charge >= 0.3 is 0 Å². The van der Waals surface area contributed by atoms with E-state index in [1.807, 2.05) is 49.4 Å². The van der Waals surface area contributed by atoms with Crippen molar-refractivity contribution in [1.82, 2.24) is 4.98 Å². The second kappa shape index (κ2) is 5.42. The summed E-state index contributed by atoms with van der Waals surface area (Å²) in [5.74, 6) is 0.255. The van der Waals surface area contributed by atoms with Gasteiger partial charge in [-0.3, -0.25) is 4.79 Å². The van der Waals surface area contributed by atoms with E-state index in [1.54, 1.807) is 6.07 Å². The molecular weight excluding hydrogens is 226 g/mol. The van der Waals surface area contributed by atoms with Crippen LogP contribution in [0.1, 0.15) is 17.3 Å². The van der Waals surface area contributed by atoms with E-state index in [1.165, 1.54) is 0 Å². The number of aromatic nitrogens is 1. The van der Waals surface area contributed by atoms with Crippen molar-refractivity contribution in [2.24, 2.45) is 5.73 Å². The molecule has 0 saturated heterocycles. The second-order valence-corrected chi connectivity index (χ2v) is 4.04. The highest BCUT2D eigenvalue weighted by Crippen LogP contribution is 2.12. The summed E-state index contributed by atoms with van der Waals surface area (Å²) >= 11 is 0. The Kier molecular flexibility index (Phi) is 3.69. The number of rotatable bonds is 3. The van der Waals surface area contributed by atoms with Gasteiger partial charge in [0, 0.05) is 5.69 Å². The molecule has 1 amide bonds. The van der Waals surface area contributed by atoms with Crippen LogP contribution in [0.25, 0.3) is 0 Å². The topological polar surface area (TPSA) is 68.0 Å². The highest BCUT2D eigenvalue weighted by molar-refractivity contribution is 5.94. The largest absolute Gasteiger partial charge is 0.316 e. The van der Waals surface area contributed by atoms with Gasteiger partial charge in [-0.1, -0.05) is 36.4 Å². The van der Waals surface area contributed by atoms with Crippen molar-refractivity contribution in [2.45, 2.75) is 13.0 Å². The Labute approximate surface area is 106 Å². The normalized spacial score (nSPS) is 11.9. The van der Waals surface area contributed by atoms with E-state index < -0.39 is 6.04 Å². The summed E-state index contributed by atoms with van der Waals surface area (Å²) < 4.78 is 0. The Morgan fingerprint density at radius 3 is 2.56 bits per heavy atom. The van der Waals surface area contributed by atoms with E-state index >= 15 is 0 Å². The third kappa shape index (κ3) is 2.93. The summed E-state index contributed by atoms with van der Waals surface area (Å²) in [6.45, 7) is 1.87. The molecule has 4 nitrogen and oxygen atoms in total. The maximum absolute atomic E-state index is 11.9. The summed E-state index contributed by atoms with van der Waals surface area (Å²) in [5, 5.41) is 2.71. The summed E-state index contributed by atoms with van der Waals surface area (Å²) in [4.78, 5) is 16.1.